The maximum absolute atomic E-state index is 12.9. The Bertz CT molecular complexity index is 657. The van der Waals surface area contributed by atoms with E-state index in [9.17, 15) is 14.7 Å². The molecule has 0 heterocycles. The van der Waals surface area contributed by atoms with E-state index < -0.39 is 11.9 Å². The number of benzene rings is 1. The molecule has 2 atom stereocenters. The molecule has 1 aromatic rings. The van der Waals surface area contributed by atoms with Gasteiger partial charge in [-0.25, -0.2) is 9.59 Å². The van der Waals surface area contributed by atoms with Gasteiger partial charge >= 0.3 is 11.9 Å². The summed E-state index contributed by atoms with van der Waals surface area (Å²) in [6, 6.07) is 3.20. The van der Waals surface area contributed by atoms with Crippen LogP contribution >= 0.6 is 12.6 Å². The van der Waals surface area contributed by atoms with Crippen LogP contribution in [-0.4, -0.2) is 23.7 Å². The molecular weight excluding hydrogens is 384 g/mol. The second-order valence-corrected chi connectivity index (χ2v) is 8.48. The zero-order valence-corrected chi connectivity index (χ0v) is 19.4. The van der Waals surface area contributed by atoms with Crippen molar-refractivity contribution in [2.45, 2.75) is 90.4 Å². The predicted molar refractivity (Wildman–Crippen MR) is 121 cm³/mol. The predicted octanol–water partition coefficient (Wildman–Crippen LogP) is 6.81. The van der Waals surface area contributed by atoms with Crippen LogP contribution in [0.1, 0.15) is 105 Å². The molecule has 2 unspecified atom stereocenters. The van der Waals surface area contributed by atoms with E-state index in [4.69, 9.17) is 4.74 Å². The van der Waals surface area contributed by atoms with Gasteiger partial charge in [0.15, 0.2) is 0 Å². The van der Waals surface area contributed by atoms with Gasteiger partial charge in [0.25, 0.3) is 0 Å². The molecule has 0 aliphatic rings. The van der Waals surface area contributed by atoms with Gasteiger partial charge in [-0.2, -0.15) is 0 Å². The molecule has 1 aromatic carbocycles. The van der Waals surface area contributed by atoms with Gasteiger partial charge in [0.1, 0.15) is 0 Å². The molecule has 0 saturated heterocycles. The number of ether oxygens (including phenoxy) is 1. The molecule has 5 heteroatoms. The molecule has 1 N–H and O–H groups in total. The highest BCUT2D eigenvalue weighted by atomic mass is 32.1. The lowest BCUT2D eigenvalue weighted by atomic mass is 9.87. The number of carbonyl (C=O) groups is 2. The second kappa shape index (κ2) is 13.7. The third-order valence-electron chi connectivity index (χ3n) is 5.71. The molecule has 0 aromatic heterocycles. The summed E-state index contributed by atoms with van der Waals surface area (Å²) in [5.74, 6) is -0.768. The lowest BCUT2D eigenvalue weighted by Gasteiger charge is -2.20. The normalized spacial score (nSPS) is 13.1. The zero-order valence-electron chi connectivity index (χ0n) is 18.5. The number of hydrogen-bond acceptors (Lipinski definition) is 4. The summed E-state index contributed by atoms with van der Waals surface area (Å²) in [6.07, 6.45) is 8.98. The standard InChI is InChI=1S/C24H38O4S/c1-5-9-11-17(7-3)13-20-21(23(25)26)14-19(29)15-22(20)24(27)28-16-18(8-4)12-10-6-2/h14-15,17-18,29H,5-13,16H2,1-4H3,(H,25,26). The molecule has 0 radical (unpaired) electrons. The number of esters is 1. The van der Waals surface area contributed by atoms with Crippen LogP contribution in [0.2, 0.25) is 0 Å². The molecule has 0 aliphatic heterocycles. The molecule has 29 heavy (non-hydrogen) atoms. The molecule has 4 nitrogen and oxygen atoms in total. The topological polar surface area (TPSA) is 63.6 Å². The van der Waals surface area contributed by atoms with Gasteiger partial charge in [-0.3, -0.25) is 0 Å². The largest absolute Gasteiger partial charge is 0.478 e. The maximum Gasteiger partial charge on any atom is 0.338 e. The number of carboxylic acids is 1. The molecular formula is C24H38O4S. The first-order valence-electron chi connectivity index (χ1n) is 11.1. The summed E-state index contributed by atoms with van der Waals surface area (Å²) in [6.45, 7) is 8.90. The van der Waals surface area contributed by atoms with E-state index in [0.717, 1.165) is 51.4 Å². The summed E-state index contributed by atoms with van der Waals surface area (Å²) in [7, 11) is 0. The average molecular weight is 423 g/mol. The summed E-state index contributed by atoms with van der Waals surface area (Å²) in [5, 5.41) is 9.73. The van der Waals surface area contributed by atoms with Gasteiger partial charge < -0.3 is 9.84 Å². The summed E-state index contributed by atoms with van der Waals surface area (Å²) < 4.78 is 5.64. The van der Waals surface area contributed by atoms with Crippen LogP contribution in [0.4, 0.5) is 0 Å². The van der Waals surface area contributed by atoms with Crippen LogP contribution in [0.3, 0.4) is 0 Å². The number of carboxylic acid groups (broad SMARTS) is 1. The quantitative estimate of drug-likeness (QED) is 0.255. The van der Waals surface area contributed by atoms with E-state index in [1.165, 1.54) is 0 Å². The summed E-state index contributed by atoms with van der Waals surface area (Å²) in [4.78, 5) is 25.3. The number of unbranched alkanes of at least 4 members (excludes halogenated alkanes) is 2. The van der Waals surface area contributed by atoms with Crippen molar-refractivity contribution in [1.29, 1.82) is 0 Å². The second-order valence-electron chi connectivity index (χ2n) is 7.96. The Labute approximate surface area is 181 Å². The molecule has 164 valence electrons. The van der Waals surface area contributed by atoms with Crippen molar-refractivity contribution >= 4 is 24.6 Å². The lowest BCUT2D eigenvalue weighted by molar-refractivity contribution is 0.0426. The van der Waals surface area contributed by atoms with Crippen molar-refractivity contribution in [3.8, 4) is 0 Å². The Morgan fingerprint density at radius 2 is 1.52 bits per heavy atom. The summed E-state index contributed by atoms with van der Waals surface area (Å²) in [5.41, 5.74) is 1.11. The van der Waals surface area contributed by atoms with Gasteiger partial charge in [0.2, 0.25) is 0 Å². The number of carbonyl (C=O) groups excluding carboxylic acids is 1. The molecule has 0 bridgehead atoms. The molecule has 0 amide bonds. The van der Waals surface area contributed by atoms with Crippen LogP contribution in [0.5, 0.6) is 0 Å². The van der Waals surface area contributed by atoms with Gasteiger partial charge in [-0.1, -0.05) is 72.6 Å². The summed E-state index contributed by atoms with van der Waals surface area (Å²) >= 11 is 4.33. The highest BCUT2D eigenvalue weighted by Gasteiger charge is 2.24. The van der Waals surface area contributed by atoms with Crippen molar-refractivity contribution in [3.63, 3.8) is 0 Å². The third kappa shape index (κ3) is 8.41. The molecule has 1 rings (SSSR count). The van der Waals surface area contributed by atoms with Crippen LogP contribution in [0.15, 0.2) is 17.0 Å². The Morgan fingerprint density at radius 3 is 2.03 bits per heavy atom. The smallest absolute Gasteiger partial charge is 0.338 e. The fraction of sp³-hybridized carbons (Fsp3) is 0.667. The van der Waals surface area contributed by atoms with E-state index >= 15 is 0 Å². The molecule has 0 aliphatic carbocycles. The van der Waals surface area contributed by atoms with Crippen LogP contribution in [-0.2, 0) is 11.2 Å². The van der Waals surface area contributed by atoms with Crippen molar-refractivity contribution in [2.24, 2.45) is 11.8 Å². The first-order chi connectivity index (χ1) is 13.9. The SMILES string of the molecule is CCCCC(CC)COC(=O)c1cc(S)cc(C(=O)O)c1CC(CC)CCCC. The molecule has 0 spiro atoms. The van der Waals surface area contributed by atoms with Gasteiger partial charge in [-0.05, 0) is 42.4 Å². The minimum Gasteiger partial charge on any atom is -0.478 e. The van der Waals surface area contributed by atoms with Gasteiger partial charge in [0.05, 0.1) is 17.7 Å². The maximum atomic E-state index is 12.9. The van der Waals surface area contributed by atoms with E-state index in [0.29, 0.717) is 40.9 Å². The fourth-order valence-corrected chi connectivity index (χ4v) is 3.91. The Morgan fingerprint density at radius 1 is 0.966 bits per heavy atom. The van der Waals surface area contributed by atoms with Crippen LogP contribution < -0.4 is 0 Å². The third-order valence-corrected chi connectivity index (χ3v) is 5.97. The molecule has 0 saturated carbocycles. The first kappa shape index (κ1) is 25.5. The van der Waals surface area contributed by atoms with Crippen molar-refractivity contribution in [3.05, 3.63) is 28.8 Å². The minimum atomic E-state index is -1.02. The average Bonchev–Trinajstić information content (AvgIpc) is 2.71. The van der Waals surface area contributed by atoms with Crippen molar-refractivity contribution < 1.29 is 19.4 Å². The lowest BCUT2D eigenvalue weighted by Crippen LogP contribution is -2.19. The van der Waals surface area contributed by atoms with Crippen LogP contribution in [0.25, 0.3) is 0 Å². The van der Waals surface area contributed by atoms with Crippen molar-refractivity contribution in [1.82, 2.24) is 0 Å². The van der Waals surface area contributed by atoms with E-state index in [1.54, 1.807) is 12.1 Å². The highest BCUT2D eigenvalue weighted by Crippen LogP contribution is 2.28. The Hall–Kier alpha value is -1.49. The first-order valence-corrected chi connectivity index (χ1v) is 11.6. The number of thiol groups is 1. The van der Waals surface area contributed by atoms with Crippen LogP contribution in [0, 0.1) is 11.8 Å². The Balaban J connectivity index is 3.13. The highest BCUT2D eigenvalue weighted by molar-refractivity contribution is 7.80. The van der Waals surface area contributed by atoms with Gasteiger partial charge in [0, 0.05) is 4.90 Å². The number of rotatable bonds is 14. The van der Waals surface area contributed by atoms with E-state index in [1.807, 2.05) is 0 Å². The van der Waals surface area contributed by atoms with Crippen molar-refractivity contribution in [2.75, 3.05) is 6.61 Å². The molecule has 0 fully saturated rings. The minimum absolute atomic E-state index is 0.164. The Kier molecular flexibility index (Phi) is 12.1. The van der Waals surface area contributed by atoms with Gasteiger partial charge in [-0.15, -0.1) is 12.6 Å². The number of hydrogen-bond donors (Lipinski definition) is 2. The zero-order chi connectivity index (χ0) is 21.8. The number of aromatic carboxylic acids is 1. The van der Waals surface area contributed by atoms with E-state index in [2.05, 4.69) is 40.3 Å². The monoisotopic (exact) mass is 422 g/mol. The van der Waals surface area contributed by atoms with E-state index in [-0.39, 0.29) is 5.56 Å². The fourth-order valence-electron chi connectivity index (χ4n) is 3.65.